The van der Waals surface area contributed by atoms with Crippen molar-refractivity contribution in [1.29, 1.82) is 0 Å². The Balaban J connectivity index is 1.85. The molecule has 0 aliphatic carbocycles. The van der Waals surface area contributed by atoms with Crippen molar-refractivity contribution >= 4 is 34.2 Å². The molecule has 7 heteroatoms. The average Bonchev–Trinajstić information content (AvgIpc) is 2.78. The fourth-order valence-corrected chi connectivity index (χ4v) is 4.26. The van der Waals surface area contributed by atoms with Crippen LogP contribution >= 0.6 is 0 Å². The number of anilines is 2. The molecular weight excluding hydrogens is 390 g/mol. The van der Waals surface area contributed by atoms with Crippen LogP contribution in [0.5, 0.6) is 0 Å². The van der Waals surface area contributed by atoms with E-state index in [1.807, 2.05) is 30.0 Å². The van der Waals surface area contributed by atoms with Crippen LogP contribution in [-0.4, -0.2) is 39.3 Å². The molecule has 1 atom stereocenters. The van der Waals surface area contributed by atoms with Crippen LogP contribution in [0.15, 0.2) is 42.6 Å². The second-order valence-corrected chi connectivity index (χ2v) is 7.96. The number of rotatable bonds is 5. The summed E-state index contributed by atoms with van der Waals surface area (Å²) in [6, 6.07) is 11.0. The Labute approximate surface area is 181 Å². The van der Waals surface area contributed by atoms with E-state index in [4.69, 9.17) is 5.73 Å². The van der Waals surface area contributed by atoms with Gasteiger partial charge in [0, 0.05) is 29.9 Å². The summed E-state index contributed by atoms with van der Waals surface area (Å²) in [5, 5.41) is 4.03. The molecule has 2 amide bonds. The number of benzene rings is 1. The number of hydrogen-bond donors (Lipinski definition) is 2. The van der Waals surface area contributed by atoms with E-state index in [1.54, 1.807) is 24.4 Å². The van der Waals surface area contributed by atoms with Crippen molar-refractivity contribution in [2.45, 2.75) is 45.6 Å². The van der Waals surface area contributed by atoms with E-state index >= 15 is 0 Å². The Morgan fingerprint density at radius 1 is 1.16 bits per heavy atom. The number of primary amides is 1. The summed E-state index contributed by atoms with van der Waals surface area (Å²) in [4.78, 5) is 36.5. The number of nitrogens with two attached hydrogens (primary N) is 1. The number of pyridine rings is 2. The fraction of sp³-hybridized carbons (Fsp3) is 0.333. The third kappa shape index (κ3) is 4.08. The van der Waals surface area contributed by atoms with E-state index in [9.17, 15) is 9.59 Å². The molecule has 3 aromatic rings. The summed E-state index contributed by atoms with van der Waals surface area (Å²) < 4.78 is 0. The van der Waals surface area contributed by atoms with Crippen molar-refractivity contribution in [1.82, 2.24) is 14.9 Å². The van der Waals surface area contributed by atoms with Gasteiger partial charge in [0.1, 0.15) is 0 Å². The number of hydrogen-bond acceptors (Lipinski definition) is 5. The minimum atomic E-state index is -0.537. The van der Waals surface area contributed by atoms with Gasteiger partial charge < -0.3 is 16.0 Å². The maximum absolute atomic E-state index is 13.6. The number of aryl methyl sites for hydroxylation is 1. The molecule has 1 aliphatic rings. The van der Waals surface area contributed by atoms with Crippen LogP contribution in [0.3, 0.4) is 0 Å². The minimum Gasteiger partial charge on any atom is -0.366 e. The molecule has 7 nitrogen and oxygen atoms in total. The molecule has 0 saturated carbocycles. The molecular formula is C24H27N5O2. The maximum atomic E-state index is 13.6. The van der Waals surface area contributed by atoms with Gasteiger partial charge in [0.2, 0.25) is 0 Å². The van der Waals surface area contributed by atoms with E-state index in [0.29, 0.717) is 28.1 Å². The maximum Gasteiger partial charge on any atom is 0.257 e. The zero-order valence-electron chi connectivity index (χ0n) is 17.9. The van der Waals surface area contributed by atoms with Crippen molar-refractivity contribution in [3.8, 4) is 0 Å². The number of para-hydroxylation sites is 1. The fourth-order valence-electron chi connectivity index (χ4n) is 4.26. The van der Waals surface area contributed by atoms with Gasteiger partial charge in [0.25, 0.3) is 11.8 Å². The molecule has 3 heterocycles. The monoisotopic (exact) mass is 417 g/mol. The molecule has 1 saturated heterocycles. The van der Waals surface area contributed by atoms with Crippen LogP contribution in [0.2, 0.25) is 0 Å². The van der Waals surface area contributed by atoms with Crippen molar-refractivity contribution in [2.24, 2.45) is 5.73 Å². The molecule has 3 N–H and O–H groups in total. The molecule has 1 aromatic carbocycles. The minimum absolute atomic E-state index is 0.0550. The first-order chi connectivity index (χ1) is 15.0. The first kappa shape index (κ1) is 20.8. The molecule has 0 bridgehead atoms. The summed E-state index contributed by atoms with van der Waals surface area (Å²) >= 11 is 0. The highest BCUT2D eigenvalue weighted by molar-refractivity contribution is 6.09. The van der Waals surface area contributed by atoms with Crippen LogP contribution in [0.4, 0.5) is 11.4 Å². The van der Waals surface area contributed by atoms with Gasteiger partial charge in [-0.2, -0.15) is 0 Å². The van der Waals surface area contributed by atoms with Gasteiger partial charge in [0.05, 0.1) is 22.5 Å². The summed E-state index contributed by atoms with van der Waals surface area (Å²) in [5.41, 5.74) is 8.92. The van der Waals surface area contributed by atoms with E-state index in [2.05, 4.69) is 22.2 Å². The van der Waals surface area contributed by atoms with Crippen LogP contribution in [0.1, 0.15) is 59.0 Å². The number of piperidine rings is 1. The molecule has 1 unspecified atom stereocenters. The van der Waals surface area contributed by atoms with Crippen LogP contribution < -0.4 is 11.1 Å². The Hall–Kier alpha value is -3.48. The lowest BCUT2D eigenvalue weighted by molar-refractivity contribution is 0.0608. The predicted molar refractivity (Wildman–Crippen MR) is 121 cm³/mol. The van der Waals surface area contributed by atoms with Crippen molar-refractivity contribution < 1.29 is 9.59 Å². The van der Waals surface area contributed by atoms with Crippen LogP contribution in [0, 0.1) is 6.92 Å². The zero-order chi connectivity index (χ0) is 22.0. The SMILES string of the molecule is CCC1CCCCN1C(=O)c1cnc2nc(C)ccc2c1Nc1ccccc1C(N)=O. The number of aromatic nitrogens is 2. The van der Waals surface area contributed by atoms with Gasteiger partial charge in [-0.15, -0.1) is 0 Å². The summed E-state index contributed by atoms with van der Waals surface area (Å²) in [5.74, 6) is -0.592. The molecule has 2 aromatic heterocycles. The smallest absolute Gasteiger partial charge is 0.257 e. The quantitative estimate of drug-likeness (QED) is 0.648. The third-order valence-corrected chi connectivity index (χ3v) is 5.91. The molecule has 1 aliphatic heterocycles. The number of nitrogens with one attached hydrogen (secondary N) is 1. The standard InChI is InChI=1S/C24H27N5O2/c1-3-16-8-6-7-13-29(16)24(31)19-14-26-23-18(12-11-15(2)27-23)21(19)28-20-10-5-4-9-17(20)22(25)30/h4-5,9-12,14,16H,3,6-8,13H2,1-2H3,(H2,25,30)(H,26,27,28). The highest BCUT2D eigenvalue weighted by atomic mass is 16.2. The first-order valence-electron chi connectivity index (χ1n) is 10.7. The van der Waals surface area contributed by atoms with Gasteiger partial charge in [-0.1, -0.05) is 19.1 Å². The predicted octanol–water partition coefficient (Wildman–Crippen LogP) is 4.19. The number of nitrogens with zero attached hydrogens (tertiary/aromatic N) is 3. The molecule has 160 valence electrons. The number of carbonyl (C=O) groups excluding carboxylic acids is 2. The van der Waals surface area contributed by atoms with Gasteiger partial charge in [-0.3, -0.25) is 9.59 Å². The lowest BCUT2D eigenvalue weighted by atomic mass is 9.98. The molecule has 4 rings (SSSR count). The van der Waals surface area contributed by atoms with E-state index in [-0.39, 0.29) is 11.9 Å². The average molecular weight is 418 g/mol. The largest absolute Gasteiger partial charge is 0.366 e. The van der Waals surface area contributed by atoms with Crippen molar-refractivity contribution in [3.63, 3.8) is 0 Å². The van der Waals surface area contributed by atoms with Gasteiger partial charge in [-0.05, 0) is 56.9 Å². The number of amides is 2. The number of fused-ring (bicyclic) bond motifs is 1. The highest BCUT2D eigenvalue weighted by Crippen LogP contribution is 2.32. The Morgan fingerprint density at radius 2 is 1.97 bits per heavy atom. The Kier molecular flexibility index (Phi) is 5.84. The summed E-state index contributed by atoms with van der Waals surface area (Å²) in [6.45, 7) is 4.75. The topological polar surface area (TPSA) is 101 Å². The van der Waals surface area contributed by atoms with E-state index < -0.39 is 5.91 Å². The normalized spacial score (nSPS) is 16.3. The summed E-state index contributed by atoms with van der Waals surface area (Å²) in [7, 11) is 0. The summed E-state index contributed by atoms with van der Waals surface area (Å²) in [6.07, 6.45) is 5.65. The van der Waals surface area contributed by atoms with Gasteiger partial charge in [-0.25, -0.2) is 9.97 Å². The lowest BCUT2D eigenvalue weighted by Gasteiger charge is -2.35. The number of carbonyl (C=O) groups is 2. The molecule has 0 radical (unpaired) electrons. The second kappa shape index (κ2) is 8.71. The van der Waals surface area contributed by atoms with Gasteiger partial charge in [0.15, 0.2) is 5.65 Å². The van der Waals surface area contributed by atoms with Crippen molar-refractivity contribution in [3.05, 3.63) is 59.4 Å². The molecule has 1 fully saturated rings. The molecule has 31 heavy (non-hydrogen) atoms. The number of likely N-dealkylation sites (tertiary alicyclic amines) is 1. The third-order valence-electron chi connectivity index (χ3n) is 5.91. The zero-order valence-corrected chi connectivity index (χ0v) is 17.9. The Morgan fingerprint density at radius 3 is 2.74 bits per heavy atom. The second-order valence-electron chi connectivity index (χ2n) is 7.96. The van der Waals surface area contributed by atoms with Crippen LogP contribution in [0.25, 0.3) is 11.0 Å². The lowest BCUT2D eigenvalue weighted by Crippen LogP contribution is -2.43. The highest BCUT2D eigenvalue weighted by Gasteiger charge is 2.29. The van der Waals surface area contributed by atoms with Gasteiger partial charge >= 0.3 is 0 Å². The van der Waals surface area contributed by atoms with Crippen molar-refractivity contribution in [2.75, 3.05) is 11.9 Å². The van der Waals surface area contributed by atoms with E-state index in [0.717, 1.165) is 43.3 Å². The Bertz CT molecular complexity index is 1140. The first-order valence-corrected chi connectivity index (χ1v) is 10.7. The van der Waals surface area contributed by atoms with E-state index in [1.165, 1.54) is 0 Å². The molecule has 0 spiro atoms. The van der Waals surface area contributed by atoms with Crippen LogP contribution in [-0.2, 0) is 0 Å².